The van der Waals surface area contributed by atoms with Crippen molar-refractivity contribution in [3.63, 3.8) is 0 Å². The number of benzene rings is 3. The second-order valence-corrected chi connectivity index (χ2v) is 10.1. The lowest BCUT2D eigenvalue weighted by molar-refractivity contribution is 0.383. The zero-order valence-corrected chi connectivity index (χ0v) is 19.0. The van der Waals surface area contributed by atoms with Crippen LogP contribution in [0.4, 0.5) is 10.2 Å². The van der Waals surface area contributed by atoms with Crippen LogP contribution in [0.2, 0.25) is 0 Å². The van der Waals surface area contributed by atoms with Crippen molar-refractivity contribution in [2.24, 2.45) is 0 Å². The van der Waals surface area contributed by atoms with Gasteiger partial charge in [-0.3, -0.25) is 0 Å². The van der Waals surface area contributed by atoms with Crippen molar-refractivity contribution in [3.8, 4) is 11.3 Å². The molecule has 1 aliphatic heterocycles. The van der Waals surface area contributed by atoms with Gasteiger partial charge in [-0.15, -0.1) is 10.2 Å². The predicted octanol–water partition coefficient (Wildman–Crippen LogP) is 4.26. The van der Waals surface area contributed by atoms with E-state index in [-0.39, 0.29) is 4.90 Å². The smallest absolute Gasteiger partial charge is 0.243 e. The first-order valence-electron chi connectivity index (χ1n) is 10.8. The molecule has 0 radical (unpaired) electrons. The summed E-state index contributed by atoms with van der Waals surface area (Å²) in [5.74, 6) is 0.304. The van der Waals surface area contributed by atoms with Crippen molar-refractivity contribution in [2.75, 3.05) is 31.1 Å². The first-order chi connectivity index (χ1) is 15.9. The molecule has 1 aromatic heterocycles. The number of fused-ring (bicyclic) bond motifs is 1. The van der Waals surface area contributed by atoms with Crippen LogP contribution < -0.4 is 4.90 Å². The Kier molecular flexibility index (Phi) is 5.55. The fraction of sp³-hybridized carbons (Fsp3) is 0.200. The highest BCUT2D eigenvalue weighted by atomic mass is 32.2. The molecule has 0 unspecified atom stereocenters. The molecule has 1 fully saturated rings. The topological polar surface area (TPSA) is 66.4 Å². The molecular weight excluding hydrogens is 439 g/mol. The van der Waals surface area contributed by atoms with E-state index in [4.69, 9.17) is 0 Å². The average molecular weight is 463 g/mol. The Bertz CT molecular complexity index is 1420. The molecule has 1 aliphatic rings. The zero-order valence-electron chi connectivity index (χ0n) is 18.1. The minimum absolute atomic E-state index is 0.120. The summed E-state index contributed by atoms with van der Waals surface area (Å²) < 4.78 is 40.9. The maximum atomic E-state index is 13.5. The van der Waals surface area contributed by atoms with Crippen molar-refractivity contribution in [2.45, 2.75) is 11.8 Å². The molecule has 8 heteroatoms. The van der Waals surface area contributed by atoms with Gasteiger partial charge in [0.05, 0.1) is 10.6 Å². The van der Waals surface area contributed by atoms with Gasteiger partial charge >= 0.3 is 0 Å². The summed E-state index contributed by atoms with van der Waals surface area (Å²) >= 11 is 0. The summed E-state index contributed by atoms with van der Waals surface area (Å²) in [6.45, 7) is 3.22. The zero-order chi connectivity index (χ0) is 23.0. The number of anilines is 1. The Morgan fingerprint density at radius 2 is 1.58 bits per heavy atom. The van der Waals surface area contributed by atoms with Gasteiger partial charge in [0.1, 0.15) is 5.82 Å². The first-order valence-corrected chi connectivity index (χ1v) is 12.2. The van der Waals surface area contributed by atoms with Gasteiger partial charge in [-0.2, -0.15) is 4.31 Å². The molecule has 0 aliphatic carbocycles. The van der Waals surface area contributed by atoms with Gasteiger partial charge in [0.2, 0.25) is 10.0 Å². The standard InChI is InChI=1S/C25H23FN4O2S/c1-18-16-22(8-9-23(18)26)33(31,32)30-14-12-29(13-15-30)25-11-10-24(27-28-25)21-7-6-19-4-2-3-5-20(19)17-21/h2-11,16-17H,12-15H2,1H3. The van der Waals surface area contributed by atoms with Crippen molar-refractivity contribution < 1.29 is 12.8 Å². The maximum Gasteiger partial charge on any atom is 0.243 e. The number of aromatic nitrogens is 2. The summed E-state index contributed by atoms with van der Waals surface area (Å²) in [6, 6.07) is 22.1. The highest BCUT2D eigenvalue weighted by Crippen LogP contribution is 2.25. The maximum absolute atomic E-state index is 13.5. The SMILES string of the molecule is Cc1cc(S(=O)(=O)N2CCN(c3ccc(-c4ccc5ccccc5c4)nn3)CC2)ccc1F. The second kappa shape index (κ2) is 8.53. The van der Waals surface area contributed by atoms with Crippen LogP contribution in [-0.2, 0) is 10.0 Å². The van der Waals surface area contributed by atoms with Gasteiger partial charge in [0, 0.05) is 31.7 Å². The van der Waals surface area contributed by atoms with Gasteiger partial charge < -0.3 is 4.90 Å². The summed E-state index contributed by atoms with van der Waals surface area (Å²) in [5.41, 5.74) is 2.10. The molecule has 1 saturated heterocycles. The lowest BCUT2D eigenvalue weighted by Crippen LogP contribution is -2.49. The van der Waals surface area contributed by atoms with Crippen molar-refractivity contribution in [3.05, 3.63) is 84.2 Å². The summed E-state index contributed by atoms with van der Waals surface area (Å²) in [5, 5.41) is 11.1. The fourth-order valence-corrected chi connectivity index (χ4v) is 5.59. The van der Waals surface area contributed by atoms with E-state index in [2.05, 4.69) is 34.5 Å². The molecule has 6 nitrogen and oxygen atoms in total. The Balaban J connectivity index is 1.28. The van der Waals surface area contributed by atoms with E-state index in [0.717, 1.165) is 16.6 Å². The van der Waals surface area contributed by atoms with Gasteiger partial charge in [0.15, 0.2) is 5.82 Å². The molecule has 33 heavy (non-hydrogen) atoms. The van der Waals surface area contributed by atoms with Crippen molar-refractivity contribution in [1.82, 2.24) is 14.5 Å². The van der Waals surface area contributed by atoms with Crippen LogP contribution in [0.15, 0.2) is 77.7 Å². The van der Waals surface area contributed by atoms with Crippen LogP contribution in [0.1, 0.15) is 5.56 Å². The third kappa shape index (κ3) is 4.19. The molecule has 0 bridgehead atoms. The summed E-state index contributed by atoms with van der Waals surface area (Å²) in [6.07, 6.45) is 0. The number of halogens is 1. The van der Waals surface area contributed by atoms with Crippen LogP contribution in [0.3, 0.4) is 0 Å². The van der Waals surface area contributed by atoms with E-state index >= 15 is 0 Å². The molecule has 0 atom stereocenters. The fourth-order valence-electron chi connectivity index (χ4n) is 4.08. The van der Waals surface area contributed by atoms with Gasteiger partial charge in [-0.1, -0.05) is 36.4 Å². The lowest BCUT2D eigenvalue weighted by Gasteiger charge is -2.34. The van der Waals surface area contributed by atoms with Crippen LogP contribution >= 0.6 is 0 Å². The van der Waals surface area contributed by atoms with E-state index in [1.54, 1.807) is 6.92 Å². The largest absolute Gasteiger partial charge is 0.352 e. The third-order valence-electron chi connectivity index (χ3n) is 6.03. The molecule has 168 valence electrons. The molecule has 0 amide bonds. The van der Waals surface area contributed by atoms with E-state index in [1.807, 2.05) is 35.2 Å². The quantitative estimate of drug-likeness (QED) is 0.454. The Morgan fingerprint density at radius 1 is 0.818 bits per heavy atom. The third-order valence-corrected chi connectivity index (χ3v) is 7.92. The van der Waals surface area contributed by atoms with Gasteiger partial charge in [0.25, 0.3) is 0 Å². The second-order valence-electron chi connectivity index (χ2n) is 8.14. The minimum atomic E-state index is -3.66. The van der Waals surface area contributed by atoms with Crippen LogP contribution in [0, 0.1) is 12.7 Å². The highest BCUT2D eigenvalue weighted by molar-refractivity contribution is 7.89. The van der Waals surface area contributed by atoms with Gasteiger partial charge in [-0.25, -0.2) is 12.8 Å². The van der Waals surface area contributed by atoms with E-state index < -0.39 is 15.8 Å². The molecular formula is C25H23FN4O2S. The number of hydrogen-bond acceptors (Lipinski definition) is 5. The molecule has 2 heterocycles. The molecule has 0 N–H and O–H groups in total. The van der Waals surface area contributed by atoms with Crippen molar-refractivity contribution >= 4 is 26.6 Å². The predicted molar refractivity (Wildman–Crippen MR) is 127 cm³/mol. The normalized spacial score (nSPS) is 15.2. The van der Waals surface area contributed by atoms with E-state index in [1.165, 1.54) is 27.9 Å². The minimum Gasteiger partial charge on any atom is -0.352 e. The number of piperazine rings is 1. The lowest BCUT2D eigenvalue weighted by atomic mass is 10.1. The summed E-state index contributed by atoms with van der Waals surface area (Å²) in [4.78, 5) is 2.15. The average Bonchev–Trinajstić information content (AvgIpc) is 2.85. The Morgan fingerprint density at radius 3 is 2.27 bits per heavy atom. The Hall–Kier alpha value is -3.36. The van der Waals surface area contributed by atoms with Crippen molar-refractivity contribution in [1.29, 1.82) is 0 Å². The van der Waals surface area contributed by atoms with Crippen LogP contribution in [0.25, 0.3) is 22.0 Å². The number of sulfonamides is 1. The van der Waals surface area contributed by atoms with Gasteiger partial charge in [-0.05, 0) is 59.7 Å². The number of rotatable bonds is 4. The van der Waals surface area contributed by atoms with E-state index in [0.29, 0.717) is 37.6 Å². The number of hydrogen-bond donors (Lipinski definition) is 0. The van der Waals surface area contributed by atoms with Crippen LogP contribution in [0.5, 0.6) is 0 Å². The molecule has 3 aromatic carbocycles. The Labute approximate surface area is 192 Å². The number of aryl methyl sites for hydroxylation is 1. The molecule has 4 aromatic rings. The van der Waals surface area contributed by atoms with E-state index in [9.17, 15) is 12.8 Å². The summed E-state index contributed by atoms with van der Waals surface area (Å²) in [7, 11) is -3.66. The van der Waals surface area contributed by atoms with Crippen LogP contribution in [-0.4, -0.2) is 49.1 Å². The monoisotopic (exact) mass is 462 g/mol. The first kappa shape index (κ1) is 21.5. The highest BCUT2D eigenvalue weighted by Gasteiger charge is 2.29. The molecule has 0 spiro atoms. The number of nitrogens with zero attached hydrogens (tertiary/aromatic N) is 4. The molecule has 5 rings (SSSR count). The molecule has 0 saturated carbocycles.